The standard InChI is InChI=1S/C18H17NO5/c1-9-4-3-5-10(6-9)8-23-11-7-12(20)24-18(2)14(11)13-15(18)17(22)19-16(13)21/h3-7,13-15H,8H2,1-2H3,(H,19,21,22)/t13?,14?,15?,18-/m0/s1. The first-order valence-electron chi connectivity index (χ1n) is 7.88. The molecule has 3 unspecified atom stereocenters. The van der Waals surface area contributed by atoms with Crippen LogP contribution in [0.5, 0.6) is 0 Å². The molecule has 1 aliphatic carbocycles. The lowest BCUT2D eigenvalue weighted by Crippen LogP contribution is -2.66. The number of hydrogen-bond donors (Lipinski definition) is 1. The molecule has 4 atom stereocenters. The van der Waals surface area contributed by atoms with E-state index < -0.39 is 29.3 Å². The van der Waals surface area contributed by atoms with Crippen molar-refractivity contribution in [3.63, 3.8) is 0 Å². The summed E-state index contributed by atoms with van der Waals surface area (Å²) >= 11 is 0. The summed E-state index contributed by atoms with van der Waals surface area (Å²) in [5.41, 5.74) is 1.07. The fraction of sp³-hybridized carbons (Fsp3) is 0.389. The van der Waals surface area contributed by atoms with Gasteiger partial charge in [0.1, 0.15) is 18.0 Å². The predicted molar refractivity (Wildman–Crippen MR) is 82.2 cm³/mol. The van der Waals surface area contributed by atoms with E-state index in [0.717, 1.165) is 11.1 Å². The molecule has 0 radical (unpaired) electrons. The van der Waals surface area contributed by atoms with Crippen LogP contribution in [0.25, 0.3) is 0 Å². The molecule has 2 amide bonds. The van der Waals surface area contributed by atoms with Crippen LogP contribution < -0.4 is 5.32 Å². The van der Waals surface area contributed by atoms with E-state index in [1.54, 1.807) is 6.92 Å². The van der Waals surface area contributed by atoms with Gasteiger partial charge in [-0.15, -0.1) is 0 Å². The van der Waals surface area contributed by atoms with Gasteiger partial charge < -0.3 is 9.47 Å². The Bertz CT molecular complexity index is 798. The van der Waals surface area contributed by atoms with Crippen LogP contribution in [0.15, 0.2) is 36.1 Å². The second-order valence-corrected chi connectivity index (χ2v) is 6.76. The van der Waals surface area contributed by atoms with Gasteiger partial charge in [-0.2, -0.15) is 0 Å². The number of nitrogens with one attached hydrogen (secondary N) is 1. The predicted octanol–water partition coefficient (Wildman–Crippen LogP) is 1.23. The fourth-order valence-corrected chi connectivity index (χ4v) is 4.13. The third kappa shape index (κ3) is 1.99. The van der Waals surface area contributed by atoms with Crippen LogP contribution in [0.4, 0.5) is 0 Å². The van der Waals surface area contributed by atoms with E-state index in [-0.39, 0.29) is 11.8 Å². The topological polar surface area (TPSA) is 81.7 Å². The molecule has 1 aromatic carbocycles. The molecule has 2 heterocycles. The molecule has 1 N–H and O–H groups in total. The Morgan fingerprint density at radius 3 is 2.75 bits per heavy atom. The van der Waals surface area contributed by atoms with Crippen LogP contribution in [0.3, 0.4) is 0 Å². The Kier molecular flexibility index (Phi) is 3.07. The van der Waals surface area contributed by atoms with E-state index >= 15 is 0 Å². The molecule has 1 aromatic rings. The summed E-state index contributed by atoms with van der Waals surface area (Å²) in [4.78, 5) is 35.9. The molecule has 0 aromatic heterocycles. The molecule has 6 nitrogen and oxygen atoms in total. The lowest BCUT2D eigenvalue weighted by atomic mass is 9.53. The zero-order valence-electron chi connectivity index (χ0n) is 13.4. The molecule has 4 rings (SSSR count). The van der Waals surface area contributed by atoms with E-state index in [2.05, 4.69) is 5.32 Å². The average Bonchev–Trinajstić information content (AvgIpc) is 2.75. The number of carbonyl (C=O) groups excluding carboxylic acids is 3. The number of imide groups is 1. The van der Waals surface area contributed by atoms with Gasteiger partial charge in [0.15, 0.2) is 0 Å². The first-order chi connectivity index (χ1) is 11.4. The second kappa shape index (κ2) is 4.93. The normalized spacial score (nSPS) is 33.7. The molecular formula is C18H17NO5. The van der Waals surface area contributed by atoms with Gasteiger partial charge in [0.2, 0.25) is 11.8 Å². The van der Waals surface area contributed by atoms with Crippen molar-refractivity contribution in [3.8, 4) is 0 Å². The number of hydrogen-bond acceptors (Lipinski definition) is 5. The van der Waals surface area contributed by atoms with Gasteiger partial charge in [-0.05, 0) is 19.4 Å². The molecule has 24 heavy (non-hydrogen) atoms. The van der Waals surface area contributed by atoms with E-state index in [0.29, 0.717) is 12.4 Å². The minimum atomic E-state index is -1.02. The van der Waals surface area contributed by atoms with Gasteiger partial charge in [-0.3, -0.25) is 14.9 Å². The van der Waals surface area contributed by atoms with Crippen molar-refractivity contribution >= 4 is 17.8 Å². The van der Waals surface area contributed by atoms with Crippen LogP contribution >= 0.6 is 0 Å². The molecule has 2 aliphatic heterocycles. The van der Waals surface area contributed by atoms with Crippen LogP contribution in [-0.4, -0.2) is 23.4 Å². The van der Waals surface area contributed by atoms with Crippen LogP contribution in [0, 0.1) is 24.7 Å². The molecule has 1 saturated heterocycles. The summed E-state index contributed by atoms with van der Waals surface area (Å²) in [6.07, 6.45) is 1.29. The summed E-state index contributed by atoms with van der Waals surface area (Å²) in [5.74, 6) is -2.41. The molecule has 124 valence electrons. The maximum absolute atomic E-state index is 12.0. The largest absolute Gasteiger partial charge is 0.492 e. The highest BCUT2D eigenvalue weighted by atomic mass is 16.6. The molecule has 1 saturated carbocycles. The van der Waals surface area contributed by atoms with Crippen molar-refractivity contribution in [2.75, 3.05) is 0 Å². The zero-order chi connectivity index (χ0) is 17.1. The monoisotopic (exact) mass is 327 g/mol. The van der Waals surface area contributed by atoms with Gasteiger partial charge in [-0.25, -0.2) is 4.79 Å². The minimum Gasteiger partial charge on any atom is -0.492 e. The lowest BCUT2D eigenvalue weighted by Gasteiger charge is -2.54. The maximum Gasteiger partial charge on any atom is 0.334 e. The first kappa shape index (κ1) is 14.9. The summed E-state index contributed by atoms with van der Waals surface area (Å²) in [5, 5.41) is 2.33. The number of esters is 1. The van der Waals surface area contributed by atoms with Crippen molar-refractivity contribution in [1.29, 1.82) is 0 Å². The van der Waals surface area contributed by atoms with Gasteiger partial charge in [0.25, 0.3) is 0 Å². The summed E-state index contributed by atoms with van der Waals surface area (Å²) in [6, 6.07) is 7.85. The average molecular weight is 327 g/mol. The van der Waals surface area contributed by atoms with Crippen molar-refractivity contribution < 1.29 is 23.9 Å². The molecule has 0 spiro atoms. The Balaban J connectivity index is 1.60. The van der Waals surface area contributed by atoms with Gasteiger partial charge in [-0.1, -0.05) is 29.8 Å². The third-order valence-corrected chi connectivity index (χ3v) is 5.16. The molecule has 2 fully saturated rings. The van der Waals surface area contributed by atoms with Crippen LogP contribution in [0.1, 0.15) is 18.1 Å². The number of fused-ring (bicyclic) bond motifs is 4. The number of carbonyl (C=O) groups is 3. The van der Waals surface area contributed by atoms with Crippen LogP contribution in [-0.2, 0) is 30.5 Å². The highest BCUT2D eigenvalue weighted by molar-refractivity contribution is 6.08. The Labute approximate surface area is 138 Å². The SMILES string of the molecule is Cc1cccc(COC2=CC(=O)O[C@]3(C)C4C(=O)NC(=O)C4C23)c1. The minimum absolute atomic E-state index is 0.292. The van der Waals surface area contributed by atoms with E-state index in [9.17, 15) is 14.4 Å². The first-order valence-corrected chi connectivity index (χ1v) is 7.88. The van der Waals surface area contributed by atoms with Gasteiger partial charge >= 0.3 is 5.97 Å². The van der Waals surface area contributed by atoms with E-state index in [4.69, 9.17) is 9.47 Å². The van der Waals surface area contributed by atoms with Crippen molar-refractivity contribution in [1.82, 2.24) is 5.32 Å². The Hall–Kier alpha value is -2.63. The maximum atomic E-state index is 12.0. The number of rotatable bonds is 3. The molecule has 3 aliphatic rings. The van der Waals surface area contributed by atoms with E-state index in [1.165, 1.54) is 6.08 Å². The number of ether oxygens (including phenoxy) is 2. The zero-order valence-corrected chi connectivity index (χ0v) is 13.4. The number of aryl methyl sites for hydroxylation is 1. The van der Waals surface area contributed by atoms with Crippen LogP contribution in [0.2, 0.25) is 0 Å². The van der Waals surface area contributed by atoms with Crippen molar-refractivity contribution in [2.24, 2.45) is 17.8 Å². The Morgan fingerprint density at radius 1 is 1.21 bits per heavy atom. The van der Waals surface area contributed by atoms with E-state index in [1.807, 2.05) is 31.2 Å². The summed E-state index contributed by atoms with van der Waals surface area (Å²) < 4.78 is 11.3. The third-order valence-electron chi connectivity index (χ3n) is 5.16. The smallest absolute Gasteiger partial charge is 0.334 e. The summed E-state index contributed by atoms with van der Waals surface area (Å²) in [7, 11) is 0. The summed E-state index contributed by atoms with van der Waals surface area (Å²) in [6.45, 7) is 3.97. The molecular weight excluding hydrogens is 310 g/mol. The molecule has 0 bridgehead atoms. The quantitative estimate of drug-likeness (QED) is 0.667. The van der Waals surface area contributed by atoms with Crippen molar-refractivity contribution in [2.45, 2.75) is 26.1 Å². The highest BCUT2D eigenvalue weighted by Crippen LogP contribution is 2.58. The molecule has 6 heteroatoms. The fourth-order valence-electron chi connectivity index (χ4n) is 4.13. The second-order valence-electron chi connectivity index (χ2n) is 6.76. The number of benzene rings is 1. The van der Waals surface area contributed by atoms with Gasteiger partial charge in [0.05, 0.1) is 23.8 Å². The lowest BCUT2D eigenvalue weighted by molar-refractivity contribution is -0.212. The van der Waals surface area contributed by atoms with Gasteiger partial charge in [0, 0.05) is 0 Å². The number of amides is 2. The van der Waals surface area contributed by atoms with Crippen molar-refractivity contribution in [3.05, 3.63) is 47.2 Å². The highest BCUT2D eigenvalue weighted by Gasteiger charge is 2.73. The Morgan fingerprint density at radius 2 is 2.00 bits per heavy atom.